The Morgan fingerprint density at radius 2 is 2.11 bits per heavy atom. The van der Waals surface area contributed by atoms with Gasteiger partial charge in [-0.2, -0.15) is 0 Å². The molecule has 1 saturated carbocycles. The van der Waals surface area contributed by atoms with Crippen molar-refractivity contribution in [1.29, 1.82) is 0 Å². The van der Waals surface area contributed by atoms with Gasteiger partial charge in [0, 0.05) is 23.9 Å². The number of amides is 1. The summed E-state index contributed by atoms with van der Waals surface area (Å²) >= 11 is 5.79. The summed E-state index contributed by atoms with van der Waals surface area (Å²) in [5, 5.41) is 3.16. The Hall–Kier alpha value is -2.67. The number of hydrogen-bond acceptors (Lipinski definition) is 5. The molecule has 1 aliphatic heterocycles. The van der Waals surface area contributed by atoms with Crippen molar-refractivity contribution in [3.63, 3.8) is 0 Å². The summed E-state index contributed by atoms with van der Waals surface area (Å²) in [7, 11) is 0. The smallest absolute Gasteiger partial charge is 0.283 e. The van der Waals surface area contributed by atoms with Crippen molar-refractivity contribution in [2.45, 2.75) is 37.3 Å². The maximum atomic E-state index is 14.6. The van der Waals surface area contributed by atoms with Gasteiger partial charge in [0.1, 0.15) is 17.1 Å². The molecule has 1 amide bonds. The summed E-state index contributed by atoms with van der Waals surface area (Å²) in [6, 6.07) is 7.56. The van der Waals surface area contributed by atoms with Crippen LogP contribution in [0.15, 0.2) is 41.5 Å². The van der Waals surface area contributed by atoms with Crippen molar-refractivity contribution >= 4 is 29.2 Å². The lowest BCUT2D eigenvalue weighted by Gasteiger charge is -2.35. The van der Waals surface area contributed by atoms with E-state index in [1.807, 2.05) is 6.92 Å². The molecule has 0 bridgehead atoms. The molecular formula is C19H18ClFN4O2. The van der Waals surface area contributed by atoms with Crippen molar-refractivity contribution in [2.75, 3.05) is 5.32 Å². The second-order valence-electron chi connectivity index (χ2n) is 7.20. The Morgan fingerprint density at radius 3 is 2.78 bits per heavy atom. The van der Waals surface area contributed by atoms with E-state index in [4.69, 9.17) is 22.1 Å². The molecule has 3 N–H and O–H groups in total. The zero-order valence-corrected chi connectivity index (χ0v) is 15.4. The maximum Gasteiger partial charge on any atom is 0.283 e. The number of pyridine rings is 1. The molecule has 1 fully saturated rings. The Kier molecular flexibility index (Phi) is 4.07. The largest absolute Gasteiger partial charge is 0.459 e. The van der Waals surface area contributed by atoms with Crippen LogP contribution in [0, 0.1) is 5.82 Å². The van der Waals surface area contributed by atoms with Gasteiger partial charge in [-0.25, -0.2) is 14.4 Å². The second kappa shape index (κ2) is 6.20. The Balaban J connectivity index is 1.63. The topological polar surface area (TPSA) is 89.6 Å². The third-order valence-corrected chi connectivity index (χ3v) is 5.14. The molecule has 1 aliphatic carbocycles. The van der Waals surface area contributed by atoms with E-state index in [1.165, 1.54) is 24.4 Å². The van der Waals surface area contributed by atoms with Crippen LogP contribution in [0.3, 0.4) is 0 Å². The van der Waals surface area contributed by atoms with Gasteiger partial charge in [0.2, 0.25) is 0 Å². The van der Waals surface area contributed by atoms with E-state index >= 15 is 0 Å². The van der Waals surface area contributed by atoms with Crippen molar-refractivity contribution < 1.29 is 13.9 Å². The highest BCUT2D eigenvalue weighted by Gasteiger charge is 2.54. The number of aliphatic imine (C=N–C) groups is 1. The van der Waals surface area contributed by atoms with Crippen molar-refractivity contribution in [1.82, 2.24) is 4.98 Å². The maximum absolute atomic E-state index is 14.6. The van der Waals surface area contributed by atoms with Gasteiger partial charge in [-0.05, 0) is 50.1 Å². The first-order chi connectivity index (χ1) is 12.8. The number of amidine groups is 1. The average Bonchev–Trinajstić information content (AvgIpc) is 3.33. The van der Waals surface area contributed by atoms with Crippen LogP contribution >= 0.6 is 11.6 Å². The molecule has 1 aromatic carbocycles. The fourth-order valence-corrected chi connectivity index (χ4v) is 3.60. The molecule has 1 atom stereocenters. The predicted molar refractivity (Wildman–Crippen MR) is 100 cm³/mol. The quantitative estimate of drug-likeness (QED) is 0.840. The summed E-state index contributed by atoms with van der Waals surface area (Å²) in [4.78, 5) is 20.7. The van der Waals surface area contributed by atoms with Gasteiger partial charge >= 0.3 is 0 Å². The summed E-state index contributed by atoms with van der Waals surface area (Å²) < 4.78 is 20.2. The first kappa shape index (κ1) is 17.7. The molecule has 2 aromatic rings. The van der Waals surface area contributed by atoms with E-state index in [0.717, 1.165) is 12.8 Å². The van der Waals surface area contributed by atoms with E-state index in [0.29, 0.717) is 22.7 Å². The molecule has 0 radical (unpaired) electrons. The highest BCUT2D eigenvalue weighted by molar-refractivity contribution is 6.30. The first-order valence-electron chi connectivity index (χ1n) is 8.56. The molecular weight excluding hydrogens is 371 g/mol. The number of nitrogens with zero attached hydrogens (tertiary/aromatic N) is 2. The van der Waals surface area contributed by atoms with Crippen molar-refractivity contribution in [3.05, 3.63) is 58.6 Å². The van der Waals surface area contributed by atoms with Crippen LogP contribution in [0.2, 0.25) is 5.02 Å². The molecule has 1 aromatic heterocycles. The molecule has 27 heavy (non-hydrogen) atoms. The monoisotopic (exact) mass is 388 g/mol. The number of hydrogen-bond donors (Lipinski definition) is 2. The molecule has 6 nitrogen and oxygen atoms in total. The van der Waals surface area contributed by atoms with Gasteiger partial charge in [-0.1, -0.05) is 11.6 Å². The zero-order chi connectivity index (χ0) is 19.2. The highest BCUT2D eigenvalue weighted by atomic mass is 35.5. The van der Waals surface area contributed by atoms with Crippen LogP contribution in [0.4, 0.5) is 10.1 Å². The number of rotatable bonds is 3. The van der Waals surface area contributed by atoms with E-state index in [-0.39, 0.29) is 17.3 Å². The first-order valence-corrected chi connectivity index (χ1v) is 8.94. The van der Waals surface area contributed by atoms with E-state index in [1.54, 1.807) is 12.1 Å². The number of nitrogens with two attached hydrogens (primary N) is 1. The zero-order valence-electron chi connectivity index (χ0n) is 14.6. The Bertz CT molecular complexity index is 943. The molecule has 4 rings (SSSR count). The van der Waals surface area contributed by atoms with Crippen LogP contribution in [0.1, 0.15) is 42.2 Å². The minimum absolute atomic E-state index is 0.0699. The molecule has 2 aliphatic rings. The molecule has 8 heteroatoms. The average molecular weight is 389 g/mol. The summed E-state index contributed by atoms with van der Waals surface area (Å²) in [6.45, 7) is 1.83. The minimum Gasteiger partial charge on any atom is -0.459 e. The third kappa shape index (κ3) is 3.47. The Labute approximate surface area is 160 Å². The van der Waals surface area contributed by atoms with Gasteiger partial charge < -0.3 is 15.8 Å². The van der Waals surface area contributed by atoms with E-state index in [9.17, 15) is 9.18 Å². The third-order valence-electron chi connectivity index (χ3n) is 4.92. The van der Waals surface area contributed by atoms with Gasteiger partial charge in [-0.15, -0.1) is 0 Å². The number of ether oxygens (including phenoxy) is 1. The molecule has 1 unspecified atom stereocenters. The highest BCUT2D eigenvalue weighted by Crippen LogP contribution is 2.52. The SMILES string of the molecule is CC1(c2cc(NC(=O)c3ccc(Cl)cn3)ccc2F)CC2(CC2)OC(N)=N1. The van der Waals surface area contributed by atoms with Crippen LogP contribution in [-0.4, -0.2) is 22.5 Å². The van der Waals surface area contributed by atoms with Crippen LogP contribution < -0.4 is 11.1 Å². The van der Waals surface area contributed by atoms with Crippen LogP contribution in [0.25, 0.3) is 0 Å². The van der Waals surface area contributed by atoms with Crippen molar-refractivity contribution in [2.24, 2.45) is 10.7 Å². The van der Waals surface area contributed by atoms with Gasteiger partial charge in [0.05, 0.1) is 10.6 Å². The van der Waals surface area contributed by atoms with Gasteiger partial charge in [0.15, 0.2) is 0 Å². The number of nitrogens with one attached hydrogen (secondary N) is 1. The second-order valence-corrected chi connectivity index (χ2v) is 7.63. The Morgan fingerprint density at radius 1 is 1.33 bits per heavy atom. The molecule has 2 heterocycles. The number of benzene rings is 1. The minimum atomic E-state index is -0.859. The van der Waals surface area contributed by atoms with Gasteiger partial charge in [0.25, 0.3) is 11.9 Å². The lowest BCUT2D eigenvalue weighted by Crippen LogP contribution is -2.40. The van der Waals surface area contributed by atoms with E-state index in [2.05, 4.69) is 15.3 Å². The molecule has 1 spiro atoms. The van der Waals surface area contributed by atoms with Gasteiger partial charge in [-0.3, -0.25) is 4.79 Å². The summed E-state index contributed by atoms with van der Waals surface area (Å²) in [5.74, 6) is -0.822. The number of anilines is 1. The standard InChI is InChI=1S/C19H18ClFN4O2/c1-18(10-19(6-7-19)27-17(22)25-18)13-8-12(3-4-14(13)21)24-16(26)15-5-2-11(20)9-23-15/h2-5,8-9H,6-7,10H2,1H3,(H2,22,25)(H,24,26). The lowest BCUT2D eigenvalue weighted by atomic mass is 9.84. The summed E-state index contributed by atoms with van der Waals surface area (Å²) in [5.41, 5.74) is 5.65. The lowest BCUT2D eigenvalue weighted by molar-refractivity contribution is 0.0960. The number of aromatic nitrogens is 1. The fourth-order valence-electron chi connectivity index (χ4n) is 3.49. The number of carbonyl (C=O) groups is 1. The van der Waals surface area contributed by atoms with Crippen molar-refractivity contribution in [3.8, 4) is 0 Å². The molecule has 140 valence electrons. The summed E-state index contributed by atoms with van der Waals surface area (Å²) in [6.07, 6.45) is 3.67. The number of carbonyl (C=O) groups excluding carboxylic acids is 1. The fraction of sp³-hybridized carbons (Fsp3) is 0.316. The van der Waals surface area contributed by atoms with Crippen LogP contribution in [-0.2, 0) is 10.3 Å². The normalized spacial score (nSPS) is 22.7. The van der Waals surface area contributed by atoms with E-state index < -0.39 is 17.3 Å². The molecule has 0 saturated heterocycles. The number of halogens is 2. The van der Waals surface area contributed by atoms with Crippen LogP contribution in [0.5, 0.6) is 0 Å². The predicted octanol–water partition coefficient (Wildman–Crippen LogP) is 3.61.